The van der Waals surface area contributed by atoms with E-state index in [1.54, 1.807) is 11.8 Å². The molecule has 0 aliphatic heterocycles. The molecular formula is C12H20N2S2. The second kappa shape index (κ2) is 5.92. The maximum atomic E-state index is 4.42. The molecule has 0 amide bonds. The molecule has 1 unspecified atom stereocenters. The van der Waals surface area contributed by atoms with E-state index in [1.807, 2.05) is 19.3 Å². The van der Waals surface area contributed by atoms with Crippen LogP contribution in [0.15, 0.2) is 17.6 Å². The van der Waals surface area contributed by atoms with E-state index in [-0.39, 0.29) is 0 Å². The van der Waals surface area contributed by atoms with Gasteiger partial charge in [-0.3, -0.25) is 0 Å². The largest absolute Gasteiger partial charge is 0.231 e. The highest BCUT2D eigenvalue weighted by Crippen LogP contribution is 2.31. The summed E-state index contributed by atoms with van der Waals surface area (Å²) in [5, 5.41) is 0.863. The van der Waals surface area contributed by atoms with Crippen molar-refractivity contribution in [3.05, 3.63) is 18.0 Å². The minimum atomic E-state index is 0.291. The molecular weight excluding hydrogens is 236 g/mol. The summed E-state index contributed by atoms with van der Waals surface area (Å²) >= 11 is 6.14. The Bertz CT molecular complexity index is 317. The van der Waals surface area contributed by atoms with Crippen molar-refractivity contribution in [3.63, 3.8) is 0 Å². The maximum Gasteiger partial charge on any atom is 0.187 e. The zero-order chi connectivity index (χ0) is 12.2. The highest BCUT2D eigenvalue weighted by molar-refractivity contribution is 7.99. The van der Waals surface area contributed by atoms with Gasteiger partial charge in [-0.15, -0.1) is 0 Å². The van der Waals surface area contributed by atoms with Crippen LogP contribution in [0.2, 0.25) is 0 Å². The third kappa shape index (κ3) is 4.34. The van der Waals surface area contributed by atoms with Crippen molar-refractivity contribution in [1.82, 2.24) is 9.97 Å². The second-order valence-corrected chi connectivity index (χ2v) is 6.45. The zero-order valence-electron chi connectivity index (χ0n) is 10.4. The molecule has 1 aromatic rings. The van der Waals surface area contributed by atoms with Crippen LogP contribution >= 0.6 is 24.4 Å². The Hall–Kier alpha value is -0.220. The van der Waals surface area contributed by atoms with E-state index in [0.717, 1.165) is 22.2 Å². The van der Waals surface area contributed by atoms with Gasteiger partial charge < -0.3 is 0 Å². The van der Waals surface area contributed by atoms with E-state index in [4.69, 9.17) is 0 Å². The fraction of sp³-hybridized carbons (Fsp3) is 0.667. The first kappa shape index (κ1) is 13.8. The van der Waals surface area contributed by atoms with Gasteiger partial charge >= 0.3 is 0 Å². The van der Waals surface area contributed by atoms with Gasteiger partial charge in [-0.2, -0.15) is 12.6 Å². The van der Waals surface area contributed by atoms with Crippen molar-refractivity contribution in [1.29, 1.82) is 0 Å². The van der Waals surface area contributed by atoms with Crippen molar-refractivity contribution in [2.75, 3.05) is 11.5 Å². The summed E-state index contributed by atoms with van der Waals surface area (Å²) in [7, 11) is 0. The van der Waals surface area contributed by atoms with E-state index < -0.39 is 0 Å². The molecule has 2 nitrogen and oxygen atoms in total. The first-order valence-corrected chi connectivity index (χ1v) is 7.07. The molecule has 1 rings (SSSR count). The molecule has 1 heterocycles. The number of hydrogen-bond acceptors (Lipinski definition) is 4. The summed E-state index contributed by atoms with van der Waals surface area (Å²) in [6.07, 6.45) is 3.73. The monoisotopic (exact) mass is 256 g/mol. The lowest BCUT2D eigenvalue weighted by Crippen LogP contribution is -2.24. The Morgan fingerprint density at radius 1 is 1.31 bits per heavy atom. The number of nitrogens with zero attached hydrogens (tertiary/aromatic N) is 2. The van der Waals surface area contributed by atoms with Gasteiger partial charge in [0.25, 0.3) is 0 Å². The van der Waals surface area contributed by atoms with Gasteiger partial charge in [0.05, 0.1) is 0 Å². The average Bonchev–Trinajstić information content (AvgIpc) is 2.19. The number of aryl methyl sites for hydroxylation is 1. The standard InChI is InChI=1S/C12H20N2S2/c1-9-5-13-11(14-6-9)16-8-10(7-15)12(2,3)4/h5-6,10,15H,7-8H2,1-4H3. The number of hydrogen-bond donors (Lipinski definition) is 1. The van der Waals surface area contributed by atoms with Crippen LogP contribution in [0.4, 0.5) is 0 Å². The smallest absolute Gasteiger partial charge is 0.187 e. The van der Waals surface area contributed by atoms with Crippen LogP contribution in [0, 0.1) is 18.3 Å². The molecule has 0 spiro atoms. The number of rotatable bonds is 4. The van der Waals surface area contributed by atoms with E-state index in [0.29, 0.717) is 11.3 Å². The van der Waals surface area contributed by atoms with E-state index >= 15 is 0 Å². The van der Waals surface area contributed by atoms with Crippen LogP contribution in [0.25, 0.3) is 0 Å². The topological polar surface area (TPSA) is 25.8 Å². The lowest BCUT2D eigenvalue weighted by atomic mass is 9.83. The molecule has 0 fully saturated rings. The van der Waals surface area contributed by atoms with Gasteiger partial charge in [0.1, 0.15) is 0 Å². The molecule has 0 N–H and O–H groups in total. The van der Waals surface area contributed by atoms with Crippen LogP contribution in [0.1, 0.15) is 26.3 Å². The molecule has 0 saturated carbocycles. The normalized spacial score (nSPS) is 13.8. The molecule has 1 aromatic heterocycles. The fourth-order valence-corrected chi connectivity index (χ4v) is 3.28. The van der Waals surface area contributed by atoms with Crippen LogP contribution in [-0.4, -0.2) is 21.5 Å². The number of thiol groups is 1. The van der Waals surface area contributed by atoms with Crippen LogP contribution in [-0.2, 0) is 0 Å². The second-order valence-electron chi connectivity index (χ2n) is 5.10. The van der Waals surface area contributed by atoms with Gasteiger partial charge in [0, 0.05) is 18.1 Å². The molecule has 0 saturated heterocycles. The molecule has 4 heteroatoms. The number of aromatic nitrogens is 2. The van der Waals surface area contributed by atoms with Gasteiger partial charge in [0.2, 0.25) is 0 Å². The predicted molar refractivity (Wildman–Crippen MR) is 74.3 cm³/mol. The number of thioether (sulfide) groups is 1. The van der Waals surface area contributed by atoms with Crippen molar-refractivity contribution in [2.45, 2.75) is 32.9 Å². The predicted octanol–water partition coefficient (Wildman–Crippen LogP) is 3.47. The highest BCUT2D eigenvalue weighted by Gasteiger charge is 2.23. The molecule has 0 bridgehead atoms. The minimum absolute atomic E-state index is 0.291. The molecule has 1 atom stereocenters. The maximum absolute atomic E-state index is 4.42. The highest BCUT2D eigenvalue weighted by atomic mass is 32.2. The van der Waals surface area contributed by atoms with Gasteiger partial charge in [-0.1, -0.05) is 32.5 Å². The van der Waals surface area contributed by atoms with Crippen molar-refractivity contribution in [3.8, 4) is 0 Å². The van der Waals surface area contributed by atoms with E-state index in [2.05, 4.69) is 43.4 Å². The summed E-state index contributed by atoms with van der Waals surface area (Å²) in [4.78, 5) is 8.59. The Morgan fingerprint density at radius 3 is 2.31 bits per heavy atom. The first-order chi connectivity index (χ1) is 7.43. The lowest BCUT2D eigenvalue weighted by Gasteiger charge is -2.28. The van der Waals surface area contributed by atoms with Gasteiger partial charge in [-0.25, -0.2) is 9.97 Å². The molecule has 0 radical (unpaired) electrons. The summed E-state index contributed by atoms with van der Waals surface area (Å²) in [6.45, 7) is 8.76. The third-order valence-electron chi connectivity index (χ3n) is 2.62. The third-order valence-corrected chi connectivity index (χ3v) is 4.09. The van der Waals surface area contributed by atoms with Crippen molar-refractivity contribution >= 4 is 24.4 Å². The van der Waals surface area contributed by atoms with Crippen LogP contribution < -0.4 is 0 Å². The van der Waals surface area contributed by atoms with E-state index in [9.17, 15) is 0 Å². The van der Waals surface area contributed by atoms with Crippen molar-refractivity contribution in [2.24, 2.45) is 11.3 Å². The summed E-state index contributed by atoms with van der Waals surface area (Å²) in [6, 6.07) is 0. The quantitative estimate of drug-likeness (QED) is 0.507. The van der Waals surface area contributed by atoms with Crippen LogP contribution in [0.5, 0.6) is 0 Å². The average molecular weight is 256 g/mol. The lowest BCUT2D eigenvalue weighted by molar-refractivity contribution is 0.294. The molecule has 0 aliphatic rings. The van der Waals surface area contributed by atoms with E-state index in [1.165, 1.54) is 0 Å². The Labute approximate surface area is 108 Å². The Morgan fingerprint density at radius 2 is 1.88 bits per heavy atom. The summed E-state index contributed by atoms with van der Waals surface area (Å²) in [5.74, 6) is 2.50. The Kier molecular flexibility index (Phi) is 5.12. The van der Waals surface area contributed by atoms with Crippen LogP contribution in [0.3, 0.4) is 0 Å². The summed E-state index contributed by atoms with van der Waals surface area (Å²) < 4.78 is 0. The van der Waals surface area contributed by atoms with Gasteiger partial charge in [0.15, 0.2) is 5.16 Å². The Balaban J connectivity index is 2.53. The first-order valence-electron chi connectivity index (χ1n) is 5.46. The fourth-order valence-electron chi connectivity index (χ4n) is 1.21. The SMILES string of the molecule is Cc1cnc(SCC(CS)C(C)(C)C)nc1. The zero-order valence-corrected chi connectivity index (χ0v) is 12.1. The van der Waals surface area contributed by atoms with Gasteiger partial charge in [-0.05, 0) is 29.6 Å². The molecule has 0 aromatic carbocycles. The molecule has 0 aliphatic carbocycles. The molecule has 16 heavy (non-hydrogen) atoms. The molecule has 90 valence electrons. The van der Waals surface area contributed by atoms with Crippen molar-refractivity contribution < 1.29 is 0 Å². The summed E-state index contributed by atoms with van der Waals surface area (Å²) in [5.41, 5.74) is 1.39. The minimum Gasteiger partial charge on any atom is -0.231 e.